The Morgan fingerprint density at radius 1 is 0.966 bits per heavy atom. The summed E-state index contributed by atoms with van der Waals surface area (Å²) in [6.45, 7) is 1.80. The highest BCUT2D eigenvalue weighted by atomic mass is 16.5. The van der Waals surface area contributed by atoms with E-state index in [1.165, 1.54) is 45.4 Å². The maximum absolute atomic E-state index is 8.60. The summed E-state index contributed by atoms with van der Waals surface area (Å²) in [7, 11) is 0. The fourth-order valence-electron chi connectivity index (χ4n) is 4.37. The predicted octanol–water partition coefficient (Wildman–Crippen LogP) is 5.33. The zero-order valence-electron chi connectivity index (χ0n) is 16.3. The Hall–Kier alpha value is -2.98. The molecular weight excluding hydrogens is 364 g/mol. The van der Waals surface area contributed by atoms with E-state index in [2.05, 4.69) is 42.5 Å². The van der Waals surface area contributed by atoms with Crippen molar-refractivity contribution in [1.29, 1.82) is 0 Å². The van der Waals surface area contributed by atoms with Crippen LogP contribution in [0.4, 0.5) is 0 Å². The summed E-state index contributed by atoms with van der Waals surface area (Å²) in [4.78, 5) is 0. The first-order valence-corrected chi connectivity index (χ1v) is 10.2. The Morgan fingerprint density at radius 3 is 2.72 bits per heavy atom. The first-order valence-electron chi connectivity index (χ1n) is 10.2. The third-order valence-electron chi connectivity index (χ3n) is 5.74. The van der Waals surface area contributed by atoms with E-state index in [1.807, 2.05) is 0 Å². The zero-order valence-corrected chi connectivity index (χ0v) is 16.3. The van der Waals surface area contributed by atoms with Crippen molar-refractivity contribution in [3.63, 3.8) is 0 Å². The summed E-state index contributed by atoms with van der Waals surface area (Å²) < 4.78 is 16.7. The molecule has 2 heterocycles. The number of hydrogen-bond donors (Lipinski definition) is 1. The van der Waals surface area contributed by atoms with E-state index in [1.54, 1.807) is 6.08 Å². The van der Waals surface area contributed by atoms with Crippen LogP contribution in [0.3, 0.4) is 0 Å². The van der Waals surface area contributed by atoms with E-state index < -0.39 is 0 Å². The average molecular weight is 388 g/mol. The van der Waals surface area contributed by atoms with Crippen LogP contribution in [0.15, 0.2) is 60.6 Å². The molecule has 0 radical (unpaired) electrons. The SMILES string of the molecule is C1=CCc2c(ccc3c4c5c(cc23)OCCOC5CC=C4)C1.OC1=CCOC=C1. The monoisotopic (exact) mass is 388 g/mol. The Balaban J connectivity index is 0.000000222. The van der Waals surface area contributed by atoms with Crippen molar-refractivity contribution in [2.45, 2.75) is 25.4 Å². The molecule has 4 heteroatoms. The first kappa shape index (κ1) is 18.1. The molecule has 1 unspecified atom stereocenters. The van der Waals surface area contributed by atoms with Gasteiger partial charge in [0.15, 0.2) is 0 Å². The second-order valence-corrected chi connectivity index (χ2v) is 7.49. The fraction of sp³-hybridized carbons (Fsp3) is 0.280. The van der Waals surface area contributed by atoms with Gasteiger partial charge in [-0.2, -0.15) is 0 Å². The molecule has 0 spiro atoms. The third kappa shape index (κ3) is 3.45. The van der Waals surface area contributed by atoms with Crippen molar-refractivity contribution < 1.29 is 19.3 Å². The highest BCUT2D eigenvalue weighted by molar-refractivity contribution is 5.97. The van der Waals surface area contributed by atoms with E-state index in [0.717, 1.165) is 25.0 Å². The van der Waals surface area contributed by atoms with Gasteiger partial charge in [-0.1, -0.05) is 36.4 Å². The minimum absolute atomic E-state index is 0.151. The highest BCUT2D eigenvalue weighted by Gasteiger charge is 2.27. The number of benzene rings is 2. The second-order valence-electron chi connectivity index (χ2n) is 7.49. The number of fused-ring (bicyclic) bond motifs is 4. The molecule has 0 fully saturated rings. The minimum Gasteiger partial charge on any atom is -0.508 e. The largest absolute Gasteiger partial charge is 0.508 e. The van der Waals surface area contributed by atoms with Crippen molar-refractivity contribution in [2.75, 3.05) is 19.8 Å². The number of aliphatic hydroxyl groups is 1. The fourth-order valence-corrected chi connectivity index (χ4v) is 4.37. The number of aliphatic hydroxyl groups excluding tert-OH is 1. The van der Waals surface area contributed by atoms with Crippen LogP contribution in [0.25, 0.3) is 16.8 Å². The molecule has 0 amide bonds. The van der Waals surface area contributed by atoms with Gasteiger partial charge in [-0.3, -0.25) is 0 Å². The summed E-state index contributed by atoms with van der Waals surface area (Å²) in [5.41, 5.74) is 5.45. The van der Waals surface area contributed by atoms with Gasteiger partial charge in [0, 0.05) is 11.6 Å². The normalized spacial score (nSPS) is 21.0. The average Bonchev–Trinajstić information content (AvgIpc) is 2.98. The highest BCUT2D eigenvalue weighted by Crippen LogP contribution is 2.44. The molecule has 6 rings (SSSR count). The molecule has 2 aromatic carbocycles. The van der Waals surface area contributed by atoms with E-state index in [4.69, 9.17) is 19.3 Å². The van der Waals surface area contributed by atoms with Gasteiger partial charge >= 0.3 is 0 Å². The first-order chi connectivity index (χ1) is 14.3. The predicted molar refractivity (Wildman–Crippen MR) is 114 cm³/mol. The molecule has 2 aliphatic heterocycles. The van der Waals surface area contributed by atoms with Crippen molar-refractivity contribution in [1.82, 2.24) is 0 Å². The molecule has 4 aliphatic rings. The molecule has 148 valence electrons. The maximum atomic E-state index is 8.60. The van der Waals surface area contributed by atoms with Crippen LogP contribution in [0, 0.1) is 0 Å². The molecule has 1 atom stereocenters. The van der Waals surface area contributed by atoms with Crippen LogP contribution in [0.2, 0.25) is 0 Å². The number of allylic oxidation sites excluding steroid dienone is 3. The summed E-state index contributed by atoms with van der Waals surface area (Å²) >= 11 is 0. The second kappa shape index (κ2) is 7.80. The Morgan fingerprint density at radius 2 is 1.90 bits per heavy atom. The van der Waals surface area contributed by atoms with Gasteiger partial charge in [-0.25, -0.2) is 0 Å². The van der Waals surface area contributed by atoms with E-state index in [-0.39, 0.29) is 11.9 Å². The van der Waals surface area contributed by atoms with Gasteiger partial charge in [0.05, 0.1) is 19.0 Å². The standard InChI is InChI=1S/C20H18O2.C5H6O2/c1-2-5-14-13(4-1)8-9-15-16-6-3-7-18-20(16)19(12-17(14)15)22-11-10-21-18;6-5-1-3-7-4-2-5/h1-3,6,8-9,12,18H,4-5,7,10-11H2;1-3,6H,4H2. The van der Waals surface area contributed by atoms with Crippen LogP contribution in [-0.2, 0) is 22.3 Å². The quantitative estimate of drug-likeness (QED) is 0.620. The lowest BCUT2D eigenvalue weighted by molar-refractivity contribution is 0.0494. The summed E-state index contributed by atoms with van der Waals surface area (Å²) in [5.74, 6) is 1.31. The molecule has 2 aromatic rings. The van der Waals surface area contributed by atoms with Gasteiger partial charge in [0.1, 0.15) is 24.7 Å². The molecule has 4 nitrogen and oxygen atoms in total. The van der Waals surface area contributed by atoms with Crippen LogP contribution < -0.4 is 4.74 Å². The lowest BCUT2D eigenvalue weighted by Crippen LogP contribution is -2.08. The summed E-state index contributed by atoms with van der Waals surface area (Å²) in [6, 6.07) is 6.83. The summed E-state index contributed by atoms with van der Waals surface area (Å²) in [6.07, 6.45) is 16.8. The van der Waals surface area contributed by atoms with E-state index in [0.29, 0.717) is 19.8 Å². The smallest absolute Gasteiger partial charge is 0.126 e. The van der Waals surface area contributed by atoms with Gasteiger partial charge in [0.25, 0.3) is 0 Å². The third-order valence-corrected chi connectivity index (χ3v) is 5.74. The Bertz CT molecular complexity index is 1060. The maximum Gasteiger partial charge on any atom is 0.126 e. The Labute approximate surface area is 170 Å². The minimum atomic E-state index is 0.151. The lowest BCUT2D eigenvalue weighted by Gasteiger charge is -2.24. The van der Waals surface area contributed by atoms with Crippen molar-refractivity contribution in [3.05, 3.63) is 82.9 Å². The molecule has 29 heavy (non-hydrogen) atoms. The number of rotatable bonds is 0. The van der Waals surface area contributed by atoms with Crippen molar-refractivity contribution in [3.8, 4) is 5.75 Å². The number of hydrogen-bond acceptors (Lipinski definition) is 4. The van der Waals surface area contributed by atoms with Crippen molar-refractivity contribution >= 4 is 16.8 Å². The molecule has 2 aliphatic carbocycles. The van der Waals surface area contributed by atoms with Crippen LogP contribution in [0.1, 0.15) is 34.8 Å². The Kier molecular flexibility index (Phi) is 4.86. The van der Waals surface area contributed by atoms with E-state index in [9.17, 15) is 0 Å². The van der Waals surface area contributed by atoms with Crippen molar-refractivity contribution in [2.24, 2.45) is 0 Å². The molecule has 0 saturated heterocycles. The van der Waals surface area contributed by atoms with Gasteiger partial charge < -0.3 is 19.3 Å². The lowest BCUT2D eigenvalue weighted by atomic mass is 9.85. The van der Waals surface area contributed by atoms with Gasteiger partial charge in [-0.15, -0.1) is 0 Å². The van der Waals surface area contributed by atoms with Gasteiger partial charge in [-0.05, 0) is 58.9 Å². The van der Waals surface area contributed by atoms with E-state index >= 15 is 0 Å². The topological polar surface area (TPSA) is 47.9 Å². The van der Waals surface area contributed by atoms with Crippen LogP contribution >= 0.6 is 0 Å². The van der Waals surface area contributed by atoms with Gasteiger partial charge in [0.2, 0.25) is 0 Å². The summed E-state index contributed by atoms with van der Waals surface area (Å²) in [5, 5.41) is 11.3. The molecule has 1 N–H and O–H groups in total. The zero-order chi connectivity index (χ0) is 19.6. The number of ether oxygens (including phenoxy) is 3. The molecule has 0 bridgehead atoms. The van der Waals surface area contributed by atoms with Crippen LogP contribution in [-0.4, -0.2) is 24.9 Å². The van der Waals surface area contributed by atoms with Crippen LogP contribution in [0.5, 0.6) is 5.75 Å². The molecule has 0 saturated carbocycles. The molecule has 0 aromatic heterocycles. The molecular formula is C25H24O4.